The number of nitrogens with one attached hydrogen (secondary N) is 1. The Hall–Kier alpha value is -1.44. The Labute approximate surface area is 137 Å². The largest absolute Gasteiger partial charge is 0.497 e. The summed E-state index contributed by atoms with van der Waals surface area (Å²) in [5.41, 5.74) is 2.97. The smallest absolute Gasteiger partial charge is 0.119 e. The third kappa shape index (κ3) is 4.28. The van der Waals surface area contributed by atoms with Gasteiger partial charge in [-0.2, -0.15) is 0 Å². The highest BCUT2D eigenvalue weighted by Gasteiger charge is 2.34. The topological polar surface area (TPSA) is 21.3 Å². The van der Waals surface area contributed by atoms with Gasteiger partial charge in [-0.1, -0.05) is 40.3 Å². The fourth-order valence-corrected chi connectivity index (χ4v) is 3.59. The van der Waals surface area contributed by atoms with Crippen molar-refractivity contribution in [1.82, 2.24) is 5.32 Å². The van der Waals surface area contributed by atoms with Gasteiger partial charge in [-0.25, -0.2) is 0 Å². The van der Waals surface area contributed by atoms with E-state index in [1.54, 1.807) is 7.11 Å². The SMILES string of the molecule is C=CNC[C@H]1CC[C@@H](c2ccc(OC)cc2CC)C1C.CC. The Balaban J connectivity index is 0.00000116. The van der Waals surface area contributed by atoms with Gasteiger partial charge < -0.3 is 10.1 Å². The van der Waals surface area contributed by atoms with Crippen molar-refractivity contribution < 1.29 is 4.74 Å². The molecule has 1 unspecified atom stereocenters. The Bertz CT molecular complexity index is 455. The highest BCUT2D eigenvalue weighted by Crippen LogP contribution is 2.44. The fourth-order valence-electron chi connectivity index (χ4n) is 3.59. The zero-order valence-corrected chi connectivity index (χ0v) is 15.0. The molecule has 0 radical (unpaired) electrons. The molecule has 0 spiro atoms. The molecule has 2 rings (SSSR count). The third-order valence-corrected chi connectivity index (χ3v) is 4.88. The Morgan fingerprint density at radius 1 is 1.32 bits per heavy atom. The molecular formula is C20H33NO. The van der Waals surface area contributed by atoms with Crippen molar-refractivity contribution in [3.8, 4) is 5.75 Å². The highest BCUT2D eigenvalue weighted by atomic mass is 16.5. The van der Waals surface area contributed by atoms with Crippen LogP contribution in [-0.4, -0.2) is 13.7 Å². The van der Waals surface area contributed by atoms with Crippen LogP contribution in [0, 0.1) is 11.8 Å². The third-order valence-electron chi connectivity index (χ3n) is 4.88. The minimum Gasteiger partial charge on any atom is -0.497 e. The number of ether oxygens (including phenoxy) is 1. The van der Waals surface area contributed by atoms with Gasteiger partial charge in [0.05, 0.1) is 7.11 Å². The van der Waals surface area contributed by atoms with E-state index < -0.39 is 0 Å². The van der Waals surface area contributed by atoms with Gasteiger partial charge in [0.2, 0.25) is 0 Å². The summed E-state index contributed by atoms with van der Waals surface area (Å²) in [6.45, 7) is 13.4. The van der Waals surface area contributed by atoms with E-state index >= 15 is 0 Å². The normalized spacial score (nSPS) is 23.4. The summed E-state index contributed by atoms with van der Waals surface area (Å²) in [5.74, 6) is 3.14. The second kappa shape index (κ2) is 9.55. The van der Waals surface area contributed by atoms with Crippen LogP contribution in [0.3, 0.4) is 0 Å². The van der Waals surface area contributed by atoms with E-state index in [9.17, 15) is 0 Å². The lowest BCUT2D eigenvalue weighted by Crippen LogP contribution is -2.21. The van der Waals surface area contributed by atoms with Gasteiger partial charge >= 0.3 is 0 Å². The second-order valence-electron chi connectivity index (χ2n) is 5.83. The molecule has 0 bridgehead atoms. The average Bonchev–Trinajstić information content (AvgIpc) is 2.94. The summed E-state index contributed by atoms with van der Waals surface area (Å²) in [7, 11) is 1.74. The van der Waals surface area contributed by atoms with Crippen molar-refractivity contribution >= 4 is 0 Å². The molecule has 124 valence electrons. The van der Waals surface area contributed by atoms with Gasteiger partial charge in [0.25, 0.3) is 0 Å². The number of benzene rings is 1. The first-order valence-corrected chi connectivity index (χ1v) is 8.72. The first kappa shape index (κ1) is 18.6. The lowest BCUT2D eigenvalue weighted by atomic mass is 9.83. The van der Waals surface area contributed by atoms with Gasteiger partial charge in [0, 0.05) is 6.54 Å². The average molecular weight is 303 g/mol. The van der Waals surface area contributed by atoms with Crippen molar-refractivity contribution in [3.05, 3.63) is 42.1 Å². The molecule has 1 fully saturated rings. The van der Waals surface area contributed by atoms with E-state index in [1.165, 1.54) is 24.0 Å². The summed E-state index contributed by atoms with van der Waals surface area (Å²) < 4.78 is 5.35. The molecule has 0 aromatic heterocycles. The maximum atomic E-state index is 5.35. The van der Waals surface area contributed by atoms with Gasteiger partial charge in [0.15, 0.2) is 0 Å². The quantitative estimate of drug-likeness (QED) is 0.785. The van der Waals surface area contributed by atoms with E-state index in [0.29, 0.717) is 5.92 Å². The van der Waals surface area contributed by atoms with E-state index in [4.69, 9.17) is 4.74 Å². The number of hydrogen-bond acceptors (Lipinski definition) is 2. The summed E-state index contributed by atoms with van der Waals surface area (Å²) in [5, 5.41) is 3.28. The molecule has 3 atom stereocenters. The molecule has 1 N–H and O–H groups in total. The summed E-state index contributed by atoms with van der Waals surface area (Å²) in [4.78, 5) is 0. The van der Waals surface area contributed by atoms with E-state index in [-0.39, 0.29) is 0 Å². The molecule has 0 saturated heterocycles. The maximum Gasteiger partial charge on any atom is 0.119 e. The van der Waals surface area contributed by atoms with Crippen LogP contribution in [0.5, 0.6) is 5.75 Å². The summed E-state index contributed by atoms with van der Waals surface area (Å²) >= 11 is 0. The first-order chi connectivity index (χ1) is 10.7. The van der Waals surface area contributed by atoms with Crippen molar-refractivity contribution in [2.24, 2.45) is 11.8 Å². The monoisotopic (exact) mass is 303 g/mol. The van der Waals surface area contributed by atoms with Crippen molar-refractivity contribution in [1.29, 1.82) is 0 Å². The van der Waals surface area contributed by atoms with Crippen molar-refractivity contribution in [2.45, 2.75) is 52.9 Å². The van der Waals surface area contributed by atoms with Gasteiger partial charge in [-0.3, -0.25) is 0 Å². The molecule has 0 amide bonds. The van der Waals surface area contributed by atoms with Crippen LogP contribution in [0.1, 0.15) is 57.6 Å². The number of hydrogen-bond donors (Lipinski definition) is 1. The molecule has 1 aliphatic carbocycles. The first-order valence-electron chi connectivity index (χ1n) is 8.72. The lowest BCUT2D eigenvalue weighted by Gasteiger charge is -2.23. The second-order valence-corrected chi connectivity index (χ2v) is 5.83. The van der Waals surface area contributed by atoms with Crippen molar-refractivity contribution in [2.75, 3.05) is 13.7 Å². The fraction of sp³-hybridized carbons (Fsp3) is 0.600. The highest BCUT2D eigenvalue weighted by molar-refractivity contribution is 5.38. The molecule has 1 saturated carbocycles. The minimum absolute atomic E-state index is 0.687. The van der Waals surface area contributed by atoms with Gasteiger partial charge in [0.1, 0.15) is 5.75 Å². The number of aryl methyl sites for hydroxylation is 1. The molecule has 0 aliphatic heterocycles. The number of methoxy groups -OCH3 is 1. The molecule has 2 heteroatoms. The Morgan fingerprint density at radius 3 is 2.64 bits per heavy atom. The van der Waals surface area contributed by atoms with Crippen LogP contribution in [0.4, 0.5) is 0 Å². The number of rotatable bonds is 6. The van der Waals surface area contributed by atoms with Crippen LogP contribution in [0.2, 0.25) is 0 Å². The van der Waals surface area contributed by atoms with Crippen molar-refractivity contribution in [3.63, 3.8) is 0 Å². The van der Waals surface area contributed by atoms with Crippen LogP contribution < -0.4 is 10.1 Å². The minimum atomic E-state index is 0.687. The van der Waals surface area contributed by atoms with E-state index in [2.05, 4.69) is 43.9 Å². The molecular weight excluding hydrogens is 270 g/mol. The standard InChI is InChI=1S/C18H27NO.C2H6/c1-5-14-11-16(20-4)8-10-18(14)17-9-7-15(13(17)3)12-19-6-2;1-2/h6,8,10-11,13,15,17,19H,2,5,7,9,12H2,1,3-4H3;1-2H3/t13?,15-,17-;/m1./s1. The van der Waals surface area contributed by atoms with E-state index in [0.717, 1.165) is 30.6 Å². The van der Waals surface area contributed by atoms with Crippen LogP contribution in [0.25, 0.3) is 0 Å². The Morgan fingerprint density at radius 2 is 2.05 bits per heavy atom. The van der Waals surface area contributed by atoms with E-state index in [1.807, 2.05) is 20.0 Å². The van der Waals surface area contributed by atoms with Crippen LogP contribution >= 0.6 is 0 Å². The molecule has 1 aliphatic rings. The summed E-state index contributed by atoms with van der Waals surface area (Å²) in [6, 6.07) is 6.59. The molecule has 1 aromatic rings. The predicted octanol–water partition coefficient (Wildman–Crippen LogP) is 5.15. The maximum absolute atomic E-state index is 5.35. The predicted molar refractivity (Wildman–Crippen MR) is 96.5 cm³/mol. The zero-order valence-electron chi connectivity index (χ0n) is 15.0. The zero-order chi connectivity index (χ0) is 16.5. The molecule has 0 heterocycles. The van der Waals surface area contributed by atoms with Gasteiger partial charge in [-0.15, -0.1) is 0 Å². The summed E-state index contributed by atoms with van der Waals surface area (Å²) in [6.07, 6.45) is 5.49. The molecule has 22 heavy (non-hydrogen) atoms. The van der Waals surface area contributed by atoms with Gasteiger partial charge in [-0.05, 0) is 66.5 Å². The van der Waals surface area contributed by atoms with Crippen LogP contribution in [-0.2, 0) is 6.42 Å². The lowest BCUT2D eigenvalue weighted by molar-refractivity contribution is 0.384. The van der Waals surface area contributed by atoms with Crippen LogP contribution in [0.15, 0.2) is 31.0 Å². The molecule has 2 nitrogen and oxygen atoms in total. The Kier molecular flexibility index (Phi) is 8.08. The molecule has 1 aromatic carbocycles.